The monoisotopic (exact) mass is 327 g/mol. The van der Waals surface area contributed by atoms with Gasteiger partial charge in [0.05, 0.1) is 5.41 Å². The zero-order valence-electron chi connectivity index (χ0n) is 14.6. The number of likely N-dealkylation sites (N-methyl/N-ethyl adjacent to an activating group) is 1. The highest BCUT2D eigenvalue weighted by Gasteiger charge is 2.45. The van der Waals surface area contributed by atoms with Crippen molar-refractivity contribution in [3.63, 3.8) is 0 Å². The molecule has 3 aromatic carbocycles. The van der Waals surface area contributed by atoms with Gasteiger partial charge in [0.1, 0.15) is 0 Å². The number of nitrogens with zero attached hydrogens (tertiary/aromatic N) is 1. The Hall–Kier alpha value is -2.87. The Morgan fingerprint density at radius 3 is 2.12 bits per heavy atom. The Balaban J connectivity index is 1.65. The smallest absolute Gasteiger partial charge is 0.237 e. The highest BCUT2D eigenvalue weighted by atomic mass is 16.2. The number of rotatable bonds is 3. The van der Waals surface area contributed by atoms with Gasteiger partial charge in [0.15, 0.2) is 0 Å². The summed E-state index contributed by atoms with van der Waals surface area (Å²) in [6.45, 7) is 2.06. The van der Waals surface area contributed by atoms with Crippen LogP contribution in [-0.4, -0.2) is 13.0 Å². The molecular formula is C23H21NO. The summed E-state index contributed by atoms with van der Waals surface area (Å²) in [5.41, 5.74) is 5.23. The van der Waals surface area contributed by atoms with Gasteiger partial charge in [-0.15, -0.1) is 0 Å². The Kier molecular flexibility index (Phi) is 3.69. The van der Waals surface area contributed by atoms with Crippen LogP contribution in [0, 0.1) is 0 Å². The maximum Gasteiger partial charge on any atom is 0.237 e. The first-order valence-electron chi connectivity index (χ1n) is 8.62. The molecule has 4 rings (SSSR count). The first-order chi connectivity index (χ1) is 12.1. The van der Waals surface area contributed by atoms with Crippen LogP contribution in [0.15, 0.2) is 78.9 Å². The summed E-state index contributed by atoms with van der Waals surface area (Å²) in [6, 6.07) is 27.0. The topological polar surface area (TPSA) is 20.3 Å². The lowest BCUT2D eigenvalue weighted by Crippen LogP contribution is -2.37. The minimum absolute atomic E-state index is 0.167. The van der Waals surface area contributed by atoms with Gasteiger partial charge in [-0.2, -0.15) is 0 Å². The number of hydrogen-bond donors (Lipinski definition) is 0. The molecule has 1 atom stereocenters. The van der Waals surface area contributed by atoms with Crippen molar-refractivity contribution in [1.29, 1.82) is 0 Å². The molecule has 0 aliphatic carbocycles. The summed E-state index contributed by atoms with van der Waals surface area (Å²) in [7, 11) is 1.87. The van der Waals surface area contributed by atoms with Crippen LogP contribution in [0.2, 0.25) is 0 Å². The molecule has 0 N–H and O–H groups in total. The Labute approximate surface area is 148 Å². The quantitative estimate of drug-likeness (QED) is 0.675. The second-order valence-electron chi connectivity index (χ2n) is 6.95. The average molecular weight is 327 g/mol. The van der Waals surface area contributed by atoms with E-state index in [2.05, 4.69) is 49.4 Å². The van der Waals surface area contributed by atoms with Gasteiger partial charge >= 0.3 is 0 Å². The summed E-state index contributed by atoms with van der Waals surface area (Å²) in [5, 5.41) is 0. The lowest BCUT2D eigenvalue weighted by atomic mass is 9.78. The molecule has 2 nitrogen and oxygen atoms in total. The molecule has 1 aliphatic rings. The average Bonchev–Trinajstić information content (AvgIpc) is 2.85. The van der Waals surface area contributed by atoms with Crippen LogP contribution in [0.5, 0.6) is 0 Å². The number of fused-ring (bicyclic) bond motifs is 1. The minimum atomic E-state index is -0.500. The number of carbonyl (C=O) groups excluding carboxylic acids is 1. The fraction of sp³-hybridized carbons (Fsp3) is 0.174. The normalized spacial score (nSPS) is 19.1. The van der Waals surface area contributed by atoms with Crippen LogP contribution in [0.4, 0.5) is 5.69 Å². The molecular weight excluding hydrogens is 306 g/mol. The molecule has 25 heavy (non-hydrogen) atoms. The molecule has 0 spiro atoms. The number of hydrogen-bond acceptors (Lipinski definition) is 1. The molecule has 1 heterocycles. The number of amides is 1. The summed E-state index contributed by atoms with van der Waals surface area (Å²) >= 11 is 0. The van der Waals surface area contributed by atoms with Crippen molar-refractivity contribution >= 4 is 11.6 Å². The summed E-state index contributed by atoms with van der Waals surface area (Å²) in [4.78, 5) is 14.7. The van der Waals surface area contributed by atoms with Gasteiger partial charge in [0, 0.05) is 12.7 Å². The molecule has 1 amide bonds. The van der Waals surface area contributed by atoms with E-state index in [1.165, 1.54) is 16.7 Å². The predicted octanol–water partition coefficient (Wildman–Crippen LogP) is 4.83. The van der Waals surface area contributed by atoms with Gasteiger partial charge in [-0.3, -0.25) is 4.79 Å². The van der Waals surface area contributed by atoms with Crippen LogP contribution in [0.25, 0.3) is 11.1 Å². The largest absolute Gasteiger partial charge is 0.314 e. The Morgan fingerprint density at radius 2 is 1.40 bits per heavy atom. The second kappa shape index (κ2) is 5.89. The fourth-order valence-corrected chi connectivity index (χ4v) is 3.85. The van der Waals surface area contributed by atoms with Crippen LogP contribution in [0.1, 0.15) is 18.1 Å². The Morgan fingerprint density at radius 1 is 0.800 bits per heavy atom. The van der Waals surface area contributed by atoms with Crippen molar-refractivity contribution in [2.45, 2.75) is 18.8 Å². The van der Waals surface area contributed by atoms with Gasteiger partial charge in [-0.25, -0.2) is 0 Å². The van der Waals surface area contributed by atoms with E-state index in [1.807, 2.05) is 43.4 Å². The third kappa shape index (κ3) is 2.54. The molecule has 0 radical (unpaired) electrons. The highest BCUT2D eigenvalue weighted by Crippen LogP contribution is 2.42. The molecule has 0 saturated heterocycles. The predicted molar refractivity (Wildman–Crippen MR) is 103 cm³/mol. The van der Waals surface area contributed by atoms with Gasteiger partial charge in [0.2, 0.25) is 5.91 Å². The number of carbonyl (C=O) groups is 1. The lowest BCUT2D eigenvalue weighted by molar-refractivity contribution is -0.122. The van der Waals surface area contributed by atoms with E-state index in [0.29, 0.717) is 6.42 Å². The van der Waals surface area contributed by atoms with Crippen molar-refractivity contribution in [3.8, 4) is 11.1 Å². The maximum atomic E-state index is 12.9. The SMILES string of the molecule is CN1C(=O)C(C)(Cc2ccc(-c3ccccc3)cc2)c2ccccc21. The van der Waals surface area contributed by atoms with Gasteiger partial charge in [0.25, 0.3) is 0 Å². The van der Waals surface area contributed by atoms with Crippen molar-refractivity contribution in [1.82, 2.24) is 0 Å². The minimum Gasteiger partial charge on any atom is -0.314 e. The van der Waals surface area contributed by atoms with Crippen LogP contribution in [0.3, 0.4) is 0 Å². The molecule has 0 bridgehead atoms. The summed E-state index contributed by atoms with van der Waals surface area (Å²) in [5.74, 6) is 0.167. The zero-order valence-corrected chi connectivity index (χ0v) is 14.6. The van der Waals surface area contributed by atoms with Crippen LogP contribution < -0.4 is 4.90 Å². The van der Waals surface area contributed by atoms with E-state index < -0.39 is 5.41 Å². The van der Waals surface area contributed by atoms with E-state index >= 15 is 0 Å². The van der Waals surface area contributed by atoms with E-state index in [-0.39, 0.29) is 5.91 Å². The standard InChI is InChI=1S/C23H21NO/c1-23(20-10-6-7-11-21(20)24(2)22(23)25)16-17-12-14-19(15-13-17)18-8-4-3-5-9-18/h3-15H,16H2,1-2H3. The molecule has 2 heteroatoms. The zero-order chi connectivity index (χ0) is 17.4. The highest BCUT2D eigenvalue weighted by molar-refractivity contribution is 6.07. The summed E-state index contributed by atoms with van der Waals surface area (Å²) < 4.78 is 0. The van der Waals surface area contributed by atoms with Gasteiger partial charge < -0.3 is 4.90 Å². The van der Waals surface area contributed by atoms with E-state index in [0.717, 1.165) is 11.3 Å². The number of para-hydroxylation sites is 1. The van der Waals surface area contributed by atoms with Crippen LogP contribution >= 0.6 is 0 Å². The van der Waals surface area contributed by atoms with E-state index in [4.69, 9.17) is 0 Å². The number of anilines is 1. The van der Waals surface area contributed by atoms with Crippen molar-refractivity contribution in [2.75, 3.05) is 11.9 Å². The van der Waals surface area contributed by atoms with Crippen molar-refractivity contribution in [3.05, 3.63) is 90.0 Å². The molecule has 0 fully saturated rings. The third-order valence-electron chi connectivity index (χ3n) is 5.26. The molecule has 0 aromatic heterocycles. The Bertz CT molecular complexity index is 914. The van der Waals surface area contributed by atoms with E-state index in [9.17, 15) is 4.79 Å². The summed E-state index contributed by atoms with van der Waals surface area (Å²) in [6.07, 6.45) is 0.711. The maximum absolute atomic E-state index is 12.9. The van der Waals surface area contributed by atoms with Gasteiger partial charge in [-0.1, -0.05) is 72.8 Å². The molecule has 1 unspecified atom stereocenters. The third-order valence-corrected chi connectivity index (χ3v) is 5.26. The lowest BCUT2D eigenvalue weighted by Gasteiger charge is -2.23. The van der Waals surface area contributed by atoms with Crippen LogP contribution in [-0.2, 0) is 16.6 Å². The fourth-order valence-electron chi connectivity index (χ4n) is 3.85. The first-order valence-corrected chi connectivity index (χ1v) is 8.62. The number of benzene rings is 3. The molecule has 124 valence electrons. The van der Waals surface area contributed by atoms with Crippen molar-refractivity contribution in [2.24, 2.45) is 0 Å². The molecule has 1 aliphatic heterocycles. The molecule has 0 saturated carbocycles. The van der Waals surface area contributed by atoms with E-state index in [1.54, 1.807) is 4.90 Å². The second-order valence-corrected chi connectivity index (χ2v) is 6.95. The van der Waals surface area contributed by atoms with Gasteiger partial charge in [-0.05, 0) is 41.7 Å². The van der Waals surface area contributed by atoms with Crippen molar-refractivity contribution < 1.29 is 4.79 Å². The molecule has 3 aromatic rings. The first kappa shape index (κ1) is 15.6.